The zero-order valence-corrected chi connectivity index (χ0v) is 16.2. The fourth-order valence-corrected chi connectivity index (χ4v) is 3.04. The van der Waals surface area contributed by atoms with Gasteiger partial charge in [-0.1, -0.05) is 12.1 Å². The molecule has 1 aromatic carbocycles. The van der Waals surface area contributed by atoms with Crippen LogP contribution in [0.1, 0.15) is 11.3 Å². The minimum absolute atomic E-state index is 0.207. The molecule has 1 aromatic heterocycles. The number of hydrogen-bond donors (Lipinski definition) is 2. The van der Waals surface area contributed by atoms with E-state index in [0.717, 1.165) is 82.6 Å². The van der Waals surface area contributed by atoms with Gasteiger partial charge in [-0.3, -0.25) is 9.89 Å². The van der Waals surface area contributed by atoms with Crippen molar-refractivity contribution in [3.8, 4) is 0 Å². The summed E-state index contributed by atoms with van der Waals surface area (Å²) < 4.78 is 23.8. The summed E-state index contributed by atoms with van der Waals surface area (Å²) in [5.74, 6) is 1.54. The second kappa shape index (κ2) is 11.5. The van der Waals surface area contributed by atoms with E-state index >= 15 is 0 Å². The van der Waals surface area contributed by atoms with E-state index in [1.807, 2.05) is 24.3 Å². The molecule has 0 bridgehead atoms. The van der Waals surface area contributed by atoms with E-state index < -0.39 is 0 Å². The number of benzene rings is 1. The van der Waals surface area contributed by atoms with Crippen LogP contribution in [0.5, 0.6) is 0 Å². The third kappa shape index (κ3) is 7.32. The smallest absolute Gasteiger partial charge is 0.191 e. The lowest BCUT2D eigenvalue weighted by Crippen LogP contribution is -2.41. The number of morpholine rings is 1. The minimum atomic E-state index is -0.207. The zero-order valence-electron chi connectivity index (χ0n) is 16.2. The van der Waals surface area contributed by atoms with E-state index in [4.69, 9.17) is 14.1 Å². The molecule has 2 aromatic rings. The van der Waals surface area contributed by atoms with Crippen molar-refractivity contribution in [1.29, 1.82) is 0 Å². The molecule has 0 atom stereocenters. The maximum atomic E-state index is 13.0. The molecule has 1 saturated heterocycles. The van der Waals surface area contributed by atoms with Crippen molar-refractivity contribution in [2.45, 2.75) is 12.8 Å². The summed E-state index contributed by atoms with van der Waals surface area (Å²) in [6.45, 7) is 6.66. The molecule has 0 aliphatic carbocycles. The maximum Gasteiger partial charge on any atom is 0.191 e. The van der Waals surface area contributed by atoms with Crippen molar-refractivity contribution < 1.29 is 13.5 Å². The highest BCUT2D eigenvalue weighted by Gasteiger charge is 2.09. The highest BCUT2D eigenvalue weighted by Crippen LogP contribution is 2.03. The summed E-state index contributed by atoms with van der Waals surface area (Å²) in [5.41, 5.74) is 1.09. The van der Waals surface area contributed by atoms with Crippen LogP contribution in [0.15, 0.2) is 52.1 Å². The van der Waals surface area contributed by atoms with Crippen molar-refractivity contribution in [3.05, 3.63) is 59.8 Å². The van der Waals surface area contributed by atoms with E-state index in [2.05, 4.69) is 15.5 Å². The molecule has 7 heteroatoms. The Kier molecular flexibility index (Phi) is 8.33. The van der Waals surface area contributed by atoms with Crippen molar-refractivity contribution in [1.82, 2.24) is 15.5 Å². The number of nitrogens with one attached hydrogen (secondary N) is 2. The standard InChI is InChI=1S/C21H29FN4O2/c22-19-5-3-18(4-6-19)7-9-23-21(24-10-8-20-2-1-15-28-20)25-11-12-26-13-16-27-17-14-26/h1-6,15H,7-14,16-17H2,(H2,23,24,25). The molecule has 152 valence electrons. The van der Waals surface area contributed by atoms with Gasteiger partial charge < -0.3 is 19.8 Å². The summed E-state index contributed by atoms with van der Waals surface area (Å²) in [6.07, 6.45) is 3.30. The second-order valence-electron chi connectivity index (χ2n) is 6.74. The number of furan rings is 1. The SMILES string of the molecule is Fc1ccc(CCNC(=NCCN2CCOCC2)NCCc2ccco2)cc1. The van der Waals surface area contributed by atoms with Gasteiger partial charge in [0, 0.05) is 39.1 Å². The Morgan fingerprint density at radius 3 is 2.50 bits per heavy atom. The molecule has 2 N–H and O–H groups in total. The molecule has 6 nitrogen and oxygen atoms in total. The molecule has 0 amide bonds. The van der Waals surface area contributed by atoms with Crippen LogP contribution < -0.4 is 10.6 Å². The van der Waals surface area contributed by atoms with Gasteiger partial charge in [0.2, 0.25) is 0 Å². The van der Waals surface area contributed by atoms with Crippen LogP contribution in [-0.2, 0) is 17.6 Å². The van der Waals surface area contributed by atoms with E-state index in [9.17, 15) is 4.39 Å². The lowest BCUT2D eigenvalue weighted by molar-refractivity contribution is 0.0394. The van der Waals surface area contributed by atoms with Gasteiger partial charge in [0.15, 0.2) is 5.96 Å². The normalized spacial score (nSPS) is 15.5. The van der Waals surface area contributed by atoms with Crippen LogP contribution in [0.3, 0.4) is 0 Å². The van der Waals surface area contributed by atoms with Gasteiger partial charge >= 0.3 is 0 Å². The Labute approximate surface area is 165 Å². The van der Waals surface area contributed by atoms with Gasteiger partial charge in [-0.05, 0) is 36.2 Å². The Bertz CT molecular complexity index is 698. The second-order valence-corrected chi connectivity index (χ2v) is 6.74. The first kappa shape index (κ1) is 20.4. The zero-order chi connectivity index (χ0) is 19.4. The first-order valence-corrected chi connectivity index (χ1v) is 9.89. The molecule has 0 radical (unpaired) electrons. The van der Waals surface area contributed by atoms with Crippen LogP contribution in [0.4, 0.5) is 4.39 Å². The van der Waals surface area contributed by atoms with E-state index in [-0.39, 0.29) is 5.82 Å². The van der Waals surface area contributed by atoms with Crippen LogP contribution in [0.25, 0.3) is 0 Å². The monoisotopic (exact) mass is 388 g/mol. The van der Waals surface area contributed by atoms with Crippen molar-refractivity contribution in [2.75, 3.05) is 52.5 Å². The summed E-state index contributed by atoms with van der Waals surface area (Å²) in [6, 6.07) is 10.5. The summed E-state index contributed by atoms with van der Waals surface area (Å²) in [5, 5.41) is 6.74. The minimum Gasteiger partial charge on any atom is -0.469 e. The van der Waals surface area contributed by atoms with Gasteiger partial charge in [0.05, 0.1) is 26.0 Å². The average molecular weight is 388 g/mol. The number of rotatable bonds is 9. The number of halogens is 1. The molecule has 1 aliphatic heterocycles. The Morgan fingerprint density at radius 1 is 1.04 bits per heavy atom. The van der Waals surface area contributed by atoms with E-state index in [1.165, 1.54) is 12.1 Å². The predicted molar refractivity (Wildman–Crippen MR) is 108 cm³/mol. The summed E-state index contributed by atoms with van der Waals surface area (Å²) in [4.78, 5) is 7.07. The van der Waals surface area contributed by atoms with Crippen molar-refractivity contribution in [2.24, 2.45) is 4.99 Å². The summed E-state index contributed by atoms with van der Waals surface area (Å²) >= 11 is 0. The van der Waals surface area contributed by atoms with Crippen LogP contribution in [-0.4, -0.2) is 63.3 Å². The molecular weight excluding hydrogens is 359 g/mol. The Balaban J connectivity index is 1.45. The number of hydrogen-bond acceptors (Lipinski definition) is 4. The molecule has 0 saturated carbocycles. The first-order chi connectivity index (χ1) is 13.8. The van der Waals surface area contributed by atoms with Crippen LogP contribution in [0, 0.1) is 5.82 Å². The molecule has 1 fully saturated rings. The fraction of sp³-hybridized carbons (Fsp3) is 0.476. The number of nitrogens with zero attached hydrogens (tertiary/aromatic N) is 2. The lowest BCUT2D eigenvalue weighted by Gasteiger charge is -2.25. The van der Waals surface area contributed by atoms with Crippen molar-refractivity contribution >= 4 is 5.96 Å². The van der Waals surface area contributed by atoms with Crippen molar-refractivity contribution in [3.63, 3.8) is 0 Å². The van der Waals surface area contributed by atoms with Crippen LogP contribution >= 0.6 is 0 Å². The van der Waals surface area contributed by atoms with Gasteiger partial charge in [-0.25, -0.2) is 4.39 Å². The molecule has 0 unspecified atom stereocenters. The third-order valence-corrected chi connectivity index (χ3v) is 4.65. The topological polar surface area (TPSA) is 62.0 Å². The molecular formula is C21H29FN4O2. The molecule has 3 rings (SSSR count). The number of guanidine groups is 1. The van der Waals surface area contributed by atoms with E-state index in [1.54, 1.807) is 6.26 Å². The number of aliphatic imine (C=N–C) groups is 1. The molecule has 2 heterocycles. The van der Waals surface area contributed by atoms with Gasteiger partial charge in [0.25, 0.3) is 0 Å². The quantitative estimate of drug-likeness (QED) is 0.509. The Morgan fingerprint density at radius 2 is 1.79 bits per heavy atom. The predicted octanol–water partition coefficient (Wildman–Crippen LogP) is 2.07. The average Bonchev–Trinajstić information content (AvgIpc) is 3.23. The van der Waals surface area contributed by atoms with Gasteiger partial charge in [-0.15, -0.1) is 0 Å². The molecule has 28 heavy (non-hydrogen) atoms. The maximum absolute atomic E-state index is 13.0. The first-order valence-electron chi connectivity index (χ1n) is 9.89. The van der Waals surface area contributed by atoms with Gasteiger partial charge in [-0.2, -0.15) is 0 Å². The molecule has 1 aliphatic rings. The van der Waals surface area contributed by atoms with Gasteiger partial charge in [0.1, 0.15) is 11.6 Å². The van der Waals surface area contributed by atoms with Crippen LogP contribution in [0.2, 0.25) is 0 Å². The highest BCUT2D eigenvalue weighted by atomic mass is 19.1. The van der Waals surface area contributed by atoms with E-state index in [0.29, 0.717) is 0 Å². The lowest BCUT2D eigenvalue weighted by atomic mass is 10.1. The Hall–Kier alpha value is -2.38. The fourth-order valence-electron chi connectivity index (χ4n) is 3.04. The molecule has 0 spiro atoms. The summed E-state index contributed by atoms with van der Waals surface area (Å²) in [7, 11) is 0. The third-order valence-electron chi connectivity index (χ3n) is 4.65. The number of ether oxygens (including phenoxy) is 1. The largest absolute Gasteiger partial charge is 0.469 e. The highest BCUT2D eigenvalue weighted by molar-refractivity contribution is 5.79.